The normalized spacial score (nSPS) is 15.1. The number of aliphatic carboxylic acids is 1. The number of amides is 4. The van der Waals surface area contributed by atoms with Gasteiger partial charge in [0, 0.05) is 6.42 Å². The summed E-state index contributed by atoms with van der Waals surface area (Å²) in [6.45, 7) is 4.45. The highest BCUT2D eigenvalue weighted by molar-refractivity contribution is 5.94. The largest absolute Gasteiger partial charge is 0.480 e. The van der Waals surface area contributed by atoms with Crippen LogP contribution in [0, 0.1) is 5.92 Å². The van der Waals surface area contributed by atoms with Gasteiger partial charge in [-0.15, -0.1) is 0 Å². The van der Waals surface area contributed by atoms with Crippen molar-refractivity contribution < 1.29 is 29.1 Å². The molecule has 4 amide bonds. The van der Waals surface area contributed by atoms with Gasteiger partial charge in [0.15, 0.2) is 0 Å². The van der Waals surface area contributed by atoms with Crippen molar-refractivity contribution in [2.24, 2.45) is 28.9 Å². The van der Waals surface area contributed by atoms with Crippen LogP contribution < -0.4 is 38.9 Å². The smallest absolute Gasteiger partial charge is 0.326 e. The third-order valence-electron chi connectivity index (χ3n) is 6.01. The van der Waals surface area contributed by atoms with Crippen molar-refractivity contribution >= 4 is 29.6 Å². The Balaban J connectivity index is 5.57. The van der Waals surface area contributed by atoms with E-state index in [-0.39, 0.29) is 31.6 Å². The number of hydrogen-bond donors (Lipinski definition) is 8. The Labute approximate surface area is 212 Å². The van der Waals surface area contributed by atoms with E-state index in [0.29, 0.717) is 45.2 Å². The van der Waals surface area contributed by atoms with Crippen LogP contribution in [0.2, 0.25) is 0 Å². The molecular formula is C23H45N7O6. The zero-order valence-electron chi connectivity index (χ0n) is 21.5. The maximum Gasteiger partial charge on any atom is 0.326 e. The number of carboxylic acid groups (broad SMARTS) is 1. The highest BCUT2D eigenvalue weighted by Gasteiger charge is 2.31. The first-order valence-electron chi connectivity index (χ1n) is 12.6. The van der Waals surface area contributed by atoms with Gasteiger partial charge in [0.2, 0.25) is 23.6 Å². The Kier molecular flexibility index (Phi) is 17.1. The minimum absolute atomic E-state index is 0.0892. The van der Waals surface area contributed by atoms with Gasteiger partial charge in [-0.2, -0.15) is 0 Å². The molecule has 0 saturated heterocycles. The zero-order valence-corrected chi connectivity index (χ0v) is 21.5. The fourth-order valence-corrected chi connectivity index (χ4v) is 3.39. The van der Waals surface area contributed by atoms with E-state index in [0.717, 1.165) is 0 Å². The molecule has 5 atom stereocenters. The number of carboxylic acids is 1. The Morgan fingerprint density at radius 1 is 0.750 bits per heavy atom. The Morgan fingerprint density at radius 2 is 1.19 bits per heavy atom. The van der Waals surface area contributed by atoms with E-state index in [1.807, 2.05) is 6.92 Å². The van der Waals surface area contributed by atoms with Gasteiger partial charge in [-0.3, -0.25) is 19.2 Å². The molecule has 0 heterocycles. The summed E-state index contributed by atoms with van der Waals surface area (Å²) >= 11 is 0. The molecule has 0 aliphatic rings. The van der Waals surface area contributed by atoms with E-state index in [2.05, 4.69) is 16.0 Å². The molecular weight excluding hydrogens is 470 g/mol. The van der Waals surface area contributed by atoms with E-state index in [1.165, 1.54) is 0 Å². The van der Waals surface area contributed by atoms with Crippen molar-refractivity contribution in [3.63, 3.8) is 0 Å². The highest BCUT2D eigenvalue weighted by atomic mass is 16.4. The standard InChI is InChI=1S/C23H45N7O6/c1-3-14(2)19(27)22(34)29-16(10-11-18(26)31)21(33)28-15(8-4-6-12-24)20(32)30-17(23(35)36)9-5-7-13-25/h14-17,19H,3-13,24-25,27H2,1-2H3,(H2,26,31)(H,28,33)(H,29,34)(H,30,32)(H,35,36). The van der Waals surface area contributed by atoms with Crippen LogP contribution in [0.3, 0.4) is 0 Å². The van der Waals surface area contributed by atoms with Crippen molar-refractivity contribution in [2.75, 3.05) is 13.1 Å². The summed E-state index contributed by atoms with van der Waals surface area (Å²) in [7, 11) is 0. The topological polar surface area (TPSA) is 246 Å². The molecule has 0 aromatic carbocycles. The van der Waals surface area contributed by atoms with Crippen LogP contribution in [0.25, 0.3) is 0 Å². The molecule has 36 heavy (non-hydrogen) atoms. The van der Waals surface area contributed by atoms with Gasteiger partial charge in [-0.25, -0.2) is 4.79 Å². The van der Waals surface area contributed by atoms with Crippen molar-refractivity contribution in [3.05, 3.63) is 0 Å². The lowest BCUT2D eigenvalue weighted by molar-refractivity contribution is -0.142. The second-order valence-corrected chi connectivity index (χ2v) is 9.01. The first kappa shape index (κ1) is 33.2. The van der Waals surface area contributed by atoms with Crippen LogP contribution in [-0.2, 0) is 24.0 Å². The second-order valence-electron chi connectivity index (χ2n) is 9.01. The molecule has 0 fully saturated rings. The quantitative estimate of drug-likeness (QED) is 0.0870. The van der Waals surface area contributed by atoms with Gasteiger partial charge in [-0.1, -0.05) is 20.3 Å². The van der Waals surface area contributed by atoms with Crippen molar-refractivity contribution in [1.29, 1.82) is 0 Å². The molecule has 0 spiro atoms. The molecule has 0 rings (SSSR count). The van der Waals surface area contributed by atoms with Crippen LogP contribution in [0.5, 0.6) is 0 Å². The summed E-state index contributed by atoms with van der Waals surface area (Å²) in [5.41, 5.74) is 22.2. The minimum atomic E-state index is -1.20. The number of primary amides is 1. The maximum absolute atomic E-state index is 13.1. The number of carbonyl (C=O) groups is 5. The minimum Gasteiger partial charge on any atom is -0.480 e. The van der Waals surface area contributed by atoms with Gasteiger partial charge in [-0.05, 0) is 64.0 Å². The molecule has 0 aliphatic heterocycles. The number of unbranched alkanes of at least 4 members (excludes halogenated alkanes) is 2. The molecule has 0 saturated carbocycles. The fraction of sp³-hybridized carbons (Fsp3) is 0.783. The lowest BCUT2D eigenvalue weighted by Gasteiger charge is -2.26. The second kappa shape index (κ2) is 18.5. The summed E-state index contributed by atoms with van der Waals surface area (Å²) in [6, 6.07) is -4.24. The Bertz CT molecular complexity index is 721. The fourth-order valence-electron chi connectivity index (χ4n) is 3.39. The molecule has 13 nitrogen and oxygen atoms in total. The Hall–Kier alpha value is -2.77. The summed E-state index contributed by atoms with van der Waals surface area (Å²) in [5.74, 6) is -3.94. The van der Waals surface area contributed by atoms with Crippen LogP contribution in [-0.4, -0.2) is 72.0 Å². The summed E-state index contributed by atoms with van der Waals surface area (Å²) in [6.07, 6.45) is 2.97. The van der Waals surface area contributed by atoms with Gasteiger partial charge in [0.1, 0.15) is 18.1 Å². The van der Waals surface area contributed by atoms with Crippen LogP contribution in [0.15, 0.2) is 0 Å². The van der Waals surface area contributed by atoms with Crippen molar-refractivity contribution in [1.82, 2.24) is 16.0 Å². The average Bonchev–Trinajstić information content (AvgIpc) is 2.83. The molecule has 0 aromatic rings. The molecule has 0 radical (unpaired) electrons. The third-order valence-corrected chi connectivity index (χ3v) is 6.01. The summed E-state index contributed by atoms with van der Waals surface area (Å²) < 4.78 is 0. The first-order chi connectivity index (χ1) is 17.0. The summed E-state index contributed by atoms with van der Waals surface area (Å²) in [4.78, 5) is 61.5. The van der Waals surface area contributed by atoms with E-state index in [4.69, 9.17) is 22.9 Å². The van der Waals surface area contributed by atoms with Crippen LogP contribution in [0.4, 0.5) is 0 Å². The molecule has 0 aliphatic carbocycles. The van der Waals surface area contributed by atoms with Crippen LogP contribution in [0.1, 0.15) is 71.6 Å². The summed E-state index contributed by atoms with van der Waals surface area (Å²) in [5, 5.41) is 17.1. The van der Waals surface area contributed by atoms with E-state index < -0.39 is 53.8 Å². The van der Waals surface area contributed by atoms with Gasteiger partial charge >= 0.3 is 5.97 Å². The average molecular weight is 516 g/mol. The van der Waals surface area contributed by atoms with Crippen LogP contribution >= 0.6 is 0 Å². The predicted octanol–water partition coefficient (Wildman–Crippen LogP) is -1.58. The van der Waals surface area contributed by atoms with Crippen molar-refractivity contribution in [2.45, 2.75) is 95.8 Å². The number of hydrogen-bond acceptors (Lipinski definition) is 8. The number of nitrogens with two attached hydrogens (primary N) is 4. The monoisotopic (exact) mass is 515 g/mol. The van der Waals surface area contributed by atoms with Crippen molar-refractivity contribution in [3.8, 4) is 0 Å². The molecule has 208 valence electrons. The molecule has 5 unspecified atom stereocenters. The van der Waals surface area contributed by atoms with Gasteiger partial charge < -0.3 is 44.0 Å². The zero-order chi connectivity index (χ0) is 27.7. The molecule has 0 bridgehead atoms. The predicted molar refractivity (Wildman–Crippen MR) is 135 cm³/mol. The van der Waals surface area contributed by atoms with E-state index >= 15 is 0 Å². The lowest BCUT2D eigenvalue weighted by Crippen LogP contribution is -2.57. The number of nitrogens with one attached hydrogen (secondary N) is 3. The molecule has 12 N–H and O–H groups in total. The Morgan fingerprint density at radius 3 is 1.64 bits per heavy atom. The molecule has 13 heteroatoms. The van der Waals surface area contributed by atoms with E-state index in [1.54, 1.807) is 6.92 Å². The maximum atomic E-state index is 13.1. The third kappa shape index (κ3) is 13.4. The van der Waals surface area contributed by atoms with Gasteiger partial charge in [0.05, 0.1) is 6.04 Å². The SMILES string of the molecule is CCC(C)C(N)C(=O)NC(CCC(N)=O)C(=O)NC(CCCCN)C(=O)NC(CCCCN)C(=O)O. The highest BCUT2D eigenvalue weighted by Crippen LogP contribution is 2.09. The molecule has 0 aromatic heterocycles. The number of carbonyl (C=O) groups excluding carboxylic acids is 4. The first-order valence-corrected chi connectivity index (χ1v) is 12.6. The lowest BCUT2D eigenvalue weighted by atomic mass is 9.98. The number of rotatable bonds is 20. The van der Waals surface area contributed by atoms with E-state index in [9.17, 15) is 29.1 Å². The van der Waals surface area contributed by atoms with Gasteiger partial charge in [0.25, 0.3) is 0 Å².